The Morgan fingerprint density at radius 1 is 1.65 bits per heavy atom. The second-order valence-corrected chi connectivity index (χ2v) is 4.55. The quantitative estimate of drug-likeness (QED) is 0.305. The van der Waals surface area contributed by atoms with E-state index in [9.17, 15) is 10.1 Å². The third kappa shape index (κ3) is 2.95. The molecule has 0 saturated heterocycles. The smallest absolute Gasteiger partial charge is 0.296 e. The highest BCUT2D eigenvalue weighted by Gasteiger charge is 2.20. The number of nitrogens with zero attached hydrogens (tertiary/aromatic N) is 2. The van der Waals surface area contributed by atoms with E-state index in [2.05, 4.69) is 20.9 Å². The van der Waals surface area contributed by atoms with Gasteiger partial charge in [-0.1, -0.05) is 0 Å². The molecule has 0 heterocycles. The molecule has 0 unspecified atom stereocenters. The van der Waals surface area contributed by atoms with E-state index in [0.717, 1.165) is 11.1 Å². The first-order valence-corrected chi connectivity index (χ1v) is 6.04. The molecule has 0 aliphatic rings. The number of aryl methyl sites for hydroxylation is 1. The summed E-state index contributed by atoms with van der Waals surface area (Å²) < 4.78 is 0.567. The van der Waals surface area contributed by atoms with Gasteiger partial charge in [-0.05, 0) is 40.9 Å². The molecule has 1 rings (SSSR count). The second-order valence-electron chi connectivity index (χ2n) is 3.49. The van der Waals surface area contributed by atoms with Crippen LogP contribution in [-0.2, 0) is 0 Å². The summed E-state index contributed by atoms with van der Waals surface area (Å²) in [5, 5.41) is 10.9. The van der Waals surface area contributed by atoms with Gasteiger partial charge in [0.1, 0.15) is 5.84 Å². The van der Waals surface area contributed by atoms with Gasteiger partial charge in [-0.15, -0.1) is 11.6 Å². The Morgan fingerprint density at radius 2 is 2.24 bits per heavy atom. The monoisotopic (exact) mass is 319 g/mol. The number of nitro groups is 1. The SMILES string of the molecule is Cc1cc([N+](=O)[O-])c(N=C(N)CCl)c(Br)c1C. The number of benzene rings is 1. The zero-order valence-corrected chi connectivity index (χ0v) is 11.7. The molecule has 0 saturated carbocycles. The van der Waals surface area contributed by atoms with Crippen LogP contribution in [-0.4, -0.2) is 16.6 Å². The minimum Gasteiger partial charge on any atom is -0.386 e. The molecule has 0 atom stereocenters. The van der Waals surface area contributed by atoms with Crippen LogP contribution in [0.5, 0.6) is 0 Å². The highest BCUT2D eigenvalue weighted by molar-refractivity contribution is 9.10. The molecule has 0 aliphatic carbocycles. The zero-order valence-electron chi connectivity index (χ0n) is 9.33. The molecule has 0 fully saturated rings. The molecular weight excluding hydrogens is 309 g/mol. The van der Waals surface area contributed by atoms with Crippen LogP contribution in [0, 0.1) is 24.0 Å². The van der Waals surface area contributed by atoms with Gasteiger partial charge in [0.25, 0.3) is 5.69 Å². The predicted octanol–water partition coefficient (Wildman–Crippen LogP) is 3.20. The molecule has 7 heteroatoms. The fraction of sp³-hybridized carbons (Fsp3) is 0.300. The van der Waals surface area contributed by atoms with Crippen LogP contribution in [0.15, 0.2) is 15.5 Å². The first-order valence-electron chi connectivity index (χ1n) is 4.71. The molecule has 0 aliphatic heterocycles. The minimum absolute atomic E-state index is 0.0243. The molecule has 0 radical (unpaired) electrons. The number of rotatable bonds is 3. The van der Waals surface area contributed by atoms with Crippen molar-refractivity contribution in [1.29, 1.82) is 0 Å². The lowest BCUT2D eigenvalue weighted by Gasteiger charge is -2.07. The molecule has 17 heavy (non-hydrogen) atoms. The van der Waals surface area contributed by atoms with Gasteiger partial charge < -0.3 is 5.73 Å². The van der Waals surface area contributed by atoms with E-state index in [4.69, 9.17) is 17.3 Å². The van der Waals surface area contributed by atoms with Gasteiger partial charge in [0, 0.05) is 6.07 Å². The Balaban J connectivity index is 3.55. The van der Waals surface area contributed by atoms with Crippen LogP contribution in [0.25, 0.3) is 0 Å². The Morgan fingerprint density at radius 3 is 2.71 bits per heavy atom. The normalized spacial score (nSPS) is 11.6. The summed E-state index contributed by atoms with van der Waals surface area (Å²) >= 11 is 8.81. The number of hydrogen-bond donors (Lipinski definition) is 1. The second kappa shape index (κ2) is 5.46. The molecule has 92 valence electrons. The average molecular weight is 321 g/mol. The molecule has 0 aromatic heterocycles. The molecule has 2 N–H and O–H groups in total. The Bertz CT molecular complexity index is 503. The van der Waals surface area contributed by atoms with Crippen LogP contribution in [0.4, 0.5) is 11.4 Å². The maximum atomic E-state index is 10.9. The van der Waals surface area contributed by atoms with E-state index in [1.54, 1.807) is 6.92 Å². The summed E-state index contributed by atoms with van der Waals surface area (Å²) in [6, 6.07) is 1.47. The van der Waals surface area contributed by atoms with Crippen molar-refractivity contribution in [3.05, 3.63) is 31.8 Å². The summed E-state index contributed by atoms with van der Waals surface area (Å²) in [5.74, 6) is 0.162. The lowest BCUT2D eigenvalue weighted by Crippen LogP contribution is -2.12. The van der Waals surface area contributed by atoms with E-state index < -0.39 is 4.92 Å². The lowest BCUT2D eigenvalue weighted by atomic mass is 10.1. The number of alkyl halides is 1. The highest BCUT2D eigenvalue weighted by atomic mass is 79.9. The van der Waals surface area contributed by atoms with Crippen molar-refractivity contribution in [3.8, 4) is 0 Å². The molecule has 5 nitrogen and oxygen atoms in total. The predicted molar refractivity (Wildman–Crippen MR) is 72.3 cm³/mol. The largest absolute Gasteiger partial charge is 0.386 e. The minimum atomic E-state index is -0.489. The first-order chi connectivity index (χ1) is 7.88. The Kier molecular flexibility index (Phi) is 4.47. The van der Waals surface area contributed by atoms with E-state index >= 15 is 0 Å². The number of hydrogen-bond acceptors (Lipinski definition) is 3. The van der Waals surface area contributed by atoms with Crippen molar-refractivity contribution in [2.24, 2.45) is 10.7 Å². The number of amidine groups is 1. The van der Waals surface area contributed by atoms with Crippen LogP contribution in [0.1, 0.15) is 11.1 Å². The fourth-order valence-electron chi connectivity index (χ4n) is 1.26. The van der Waals surface area contributed by atoms with Gasteiger partial charge in [0.2, 0.25) is 0 Å². The number of halogens is 2. The van der Waals surface area contributed by atoms with Gasteiger partial charge in [0.05, 0.1) is 15.3 Å². The van der Waals surface area contributed by atoms with Gasteiger partial charge in [-0.2, -0.15) is 0 Å². The van der Waals surface area contributed by atoms with Crippen molar-refractivity contribution in [2.75, 3.05) is 5.88 Å². The third-order valence-corrected chi connectivity index (χ3v) is 3.56. The molecule has 1 aromatic rings. The number of nitrogens with two attached hydrogens (primary N) is 1. The van der Waals surface area contributed by atoms with Crippen molar-refractivity contribution in [2.45, 2.75) is 13.8 Å². The van der Waals surface area contributed by atoms with Crippen LogP contribution < -0.4 is 5.73 Å². The van der Waals surface area contributed by atoms with Crippen LogP contribution in [0.2, 0.25) is 0 Å². The molecule has 0 bridgehead atoms. The van der Waals surface area contributed by atoms with Gasteiger partial charge in [-0.25, -0.2) is 4.99 Å². The summed E-state index contributed by atoms with van der Waals surface area (Å²) in [7, 11) is 0. The molecule has 0 amide bonds. The Labute approximate surface area is 112 Å². The van der Waals surface area contributed by atoms with Crippen molar-refractivity contribution >= 4 is 44.7 Å². The lowest BCUT2D eigenvalue weighted by molar-refractivity contribution is -0.384. The maximum absolute atomic E-state index is 10.9. The highest BCUT2D eigenvalue weighted by Crippen LogP contribution is 2.39. The maximum Gasteiger partial charge on any atom is 0.296 e. The fourth-order valence-corrected chi connectivity index (χ4v) is 1.93. The first kappa shape index (κ1) is 13.9. The Hall–Kier alpha value is -1.14. The van der Waals surface area contributed by atoms with Gasteiger partial charge >= 0.3 is 0 Å². The average Bonchev–Trinajstić information content (AvgIpc) is 2.28. The third-order valence-electron chi connectivity index (χ3n) is 2.31. The van der Waals surface area contributed by atoms with E-state index in [1.807, 2.05) is 6.92 Å². The van der Waals surface area contributed by atoms with E-state index in [0.29, 0.717) is 4.47 Å². The summed E-state index contributed by atoms with van der Waals surface area (Å²) in [4.78, 5) is 14.4. The van der Waals surface area contributed by atoms with Crippen molar-refractivity contribution in [3.63, 3.8) is 0 Å². The van der Waals surface area contributed by atoms with Crippen LogP contribution in [0.3, 0.4) is 0 Å². The number of aliphatic imine (C=N–C) groups is 1. The van der Waals surface area contributed by atoms with Crippen LogP contribution >= 0.6 is 27.5 Å². The molecule has 0 spiro atoms. The molecular formula is C10H11BrClN3O2. The van der Waals surface area contributed by atoms with Gasteiger partial charge in [0.15, 0.2) is 5.69 Å². The summed E-state index contributed by atoms with van der Waals surface area (Å²) in [6.07, 6.45) is 0. The number of nitro benzene ring substituents is 1. The zero-order chi connectivity index (χ0) is 13.2. The topological polar surface area (TPSA) is 81.5 Å². The molecule has 1 aromatic carbocycles. The van der Waals surface area contributed by atoms with Crippen molar-refractivity contribution < 1.29 is 4.92 Å². The van der Waals surface area contributed by atoms with Crippen molar-refractivity contribution in [1.82, 2.24) is 0 Å². The van der Waals surface area contributed by atoms with E-state index in [-0.39, 0.29) is 23.1 Å². The van der Waals surface area contributed by atoms with E-state index in [1.165, 1.54) is 6.07 Å². The standard InChI is InChI=1S/C10H11BrClN3O2/c1-5-3-7(15(16)17)10(9(11)6(5)2)14-8(13)4-12/h3H,4H2,1-2H3,(H2,13,14). The van der Waals surface area contributed by atoms with Gasteiger partial charge in [-0.3, -0.25) is 10.1 Å². The summed E-state index contributed by atoms with van der Waals surface area (Å²) in [5.41, 5.74) is 7.32. The summed E-state index contributed by atoms with van der Waals surface area (Å²) in [6.45, 7) is 3.64.